The summed E-state index contributed by atoms with van der Waals surface area (Å²) in [4.78, 5) is 11.9. The van der Waals surface area contributed by atoms with E-state index < -0.39 is 0 Å². The number of nitrogens with one attached hydrogen (secondary N) is 2. The van der Waals surface area contributed by atoms with Crippen molar-refractivity contribution >= 4 is 5.91 Å². The number of methoxy groups -OCH3 is 2. The lowest BCUT2D eigenvalue weighted by molar-refractivity contribution is 0.0930. The molecular weight excluding hydrogens is 232 g/mol. The Morgan fingerprint density at radius 2 is 2.06 bits per heavy atom. The third-order valence-corrected chi connectivity index (χ3v) is 2.51. The van der Waals surface area contributed by atoms with Gasteiger partial charge in [-0.05, 0) is 18.6 Å². The lowest BCUT2D eigenvalue weighted by atomic mass is 10.2. The number of hydrazine groups is 1. The van der Waals surface area contributed by atoms with Gasteiger partial charge in [-0.2, -0.15) is 0 Å². The fourth-order valence-corrected chi connectivity index (χ4v) is 1.46. The van der Waals surface area contributed by atoms with Gasteiger partial charge in [0.15, 0.2) is 0 Å². The minimum absolute atomic E-state index is 0.217. The number of amides is 1. The van der Waals surface area contributed by atoms with E-state index in [1.807, 2.05) is 0 Å². The summed E-state index contributed by atoms with van der Waals surface area (Å²) in [5, 5.41) is 0. The van der Waals surface area contributed by atoms with E-state index in [9.17, 15) is 4.79 Å². The number of unbranched alkanes of at least 4 members (excludes halogenated alkanes) is 1. The Morgan fingerprint density at radius 1 is 1.28 bits per heavy atom. The maximum absolute atomic E-state index is 11.9. The third kappa shape index (κ3) is 3.92. The highest BCUT2D eigenvalue weighted by atomic mass is 16.5. The fourth-order valence-electron chi connectivity index (χ4n) is 1.46. The third-order valence-electron chi connectivity index (χ3n) is 2.51. The summed E-state index contributed by atoms with van der Waals surface area (Å²) in [7, 11) is 3.09. The second-order valence-corrected chi connectivity index (χ2v) is 3.80. The molecule has 0 fully saturated rings. The molecule has 0 aliphatic heterocycles. The van der Waals surface area contributed by atoms with Crippen LogP contribution in [0.5, 0.6) is 11.5 Å². The fraction of sp³-hybridized carbons (Fsp3) is 0.462. The molecule has 5 nitrogen and oxygen atoms in total. The number of hydrogen-bond acceptors (Lipinski definition) is 4. The Labute approximate surface area is 107 Å². The lowest BCUT2D eigenvalue weighted by Crippen LogP contribution is -2.38. The summed E-state index contributed by atoms with van der Waals surface area (Å²) in [5.41, 5.74) is 5.99. The van der Waals surface area contributed by atoms with Crippen LogP contribution in [0, 0.1) is 0 Å². The van der Waals surface area contributed by atoms with E-state index >= 15 is 0 Å². The van der Waals surface area contributed by atoms with Crippen LogP contribution < -0.4 is 20.3 Å². The van der Waals surface area contributed by atoms with Crippen molar-refractivity contribution in [2.24, 2.45) is 0 Å². The average Bonchev–Trinajstić information content (AvgIpc) is 2.42. The van der Waals surface area contributed by atoms with E-state index in [2.05, 4.69) is 17.8 Å². The number of rotatable bonds is 7. The standard InChI is InChI=1S/C13H20N2O3/c1-4-5-8-14-15-13(16)11-7-6-10(17-2)9-12(11)18-3/h6-7,9,14H,4-5,8H2,1-3H3,(H,15,16). The molecule has 0 atom stereocenters. The van der Waals surface area contributed by atoms with Crippen LogP contribution in [0.25, 0.3) is 0 Å². The van der Waals surface area contributed by atoms with Crippen molar-refractivity contribution in [2.75, 3.05) is 20.8 Å². The minimum atomic E-state index is -0.217. The molecule has 0 aliphatic carbocycles. The van der Waals surface area contributed by atoms with Gasteiger partial charge in [0.05, 0.1) is 19.8 Å². The van der Waals surface area contributed by atoms with E-state index in [0.717, 1.165) is 19.4 Å². The van der Waals surface area contributed by atoms with Crippen LogP contribution in [-0.4, -0.2) is 26.7 Å². The van der Waals surface area contributed by atoms with Crippen LogP contribution in [0.3, 0.4) is 0 Å². The smallest absolute Gasteiger partial charge is 0.269 e. The van der Waals surface area contributed by atoms with E-state index in [4.69, 9.17) is 9.47 Å². The monoisotopic (exact) mass is 252 g/mol. The highest BCUT2D eigenvalue weighted by Crippen LogP contribution is 2.24. The van der Waals surface area contributed by atoms with Crippen molar-refractivity contribution < 1.29 is 14.3 Å². The number of carbonyl (C=O) groups excluding carboxylic acids is 1. The van der Waals surface area contributed by atoms with Crippen LogP contribution in [0.15, 0.2) is 18.2 Å². The van der Waals surface area contributed by atoms with Gasteiger partial charge in [-0.3, -0.25) is 10.2 Å². The molecule has 0 aromatic heterocycles. The Kier molecular flexibility index (Phi) is 6.00. The van der Waals surface area contributed by atoms with E-state index in [0.29, 0.717) is 17.1 Å². The lowest BCUT2D eigenvalue weighted by Gasteiger charge is -2.11. The molecule has 0 bridgehead atoms. The van der Waals surface area contributed by atoms with Gasteiger partial charge >= 0.3 is 0 Å². The van der Waals surface area contributed by atoms with Crippen molar-refractivity contribution in [1.29, 1.82) is 0 Å². The maximum atomic E-state index is 11.9. The van der Waals surface area contributed by atoms with Crippen molar-refractivity contribution in [3.05, 3.63) is 23.8 Å². The molecule has 0 unspecified atom stereocenters. The molecule has 100 valence electrons. The molecule has 0 saturated carbocycles. The number of carbonyl (C=O) groups is 1. The highest BCUT2D eigenvalue weighted by Gasteiger charge is 2.12. The predicted molar refractivity (Wildman–Crippen MR) is 69.9 cm³/mol. The van der Waals surface area contributed by atoms with Crippen LogP contribution >= 0.6 is 0 Å². The maximum Gasteiger partial charge on any atom is 0.269 e. The Morgan fingerprint density at radius 3 is 2.67 bits per heavy atom. The van der Waals surface area contributed by atoms with Crippen LogP contribution in [-0.2, 0) is 0 Å². The molecule has 0 spiro atoms. The zero-order valence-electron chi connectivity index (χ0n) is 11.1. The quantitative estimate of drug-likeness (QED) is 0.573. The van der Waals surface area contributed by atoms with E-state index in [-0.39, 0.29) is 5.91 Å². The van der Waals surface area contributed by atoms with Crippen molar-refractivity contribution in [1.82, 2.24) is 10.9 Å². The predicted octanol–water partition coefficient (Wildman–Crippen LogP) is 1.74. The number of hydrogen-bond donors (Lipinski definition) is 2. The molecule has 1 aromatic rings. The van der Waals surface area contributed by atoms with Gasteiger partial charge in [0.1, 0.15) is 11.5 Å². The van der Waals surface area contributed by atoms with Crippen molar-refractivity contribution in [3.63, 3.8) is 0 Å². The summed E-state index contributed by atoms with van der Waals surface area (Å²) in [5.74, 6) is 0.928. The zero-order valence-corrected chi connectivity index (χ0v) is 11.1. The number of benzene rings is 1. The molecule has 1 amide bonds. The average molecular weight is 252 g/mol. The summed E-state index contributed by atoms with van der Waals surface area (Å²) >= 11 is 0. The van der Waals surface area contributed by atoms with Crippen LogP contribution in [0.1, 0.15) is 30.1 Å². The van der Waals surface area contributed by atoms with Gasteiger partial charge in [-0.1, -0.05) is 13.3 Å². The molecule has 0 radical (unpaired) electrons. The summed E-state index contributed by atoms with van der Waals surface area (Å²) in [6, 6.07) is 5.08. The second-order valence-electron chi connectivity index (χ2n) is 3.80. The van der Waals surface area contributed by atoms with Gasteiger partial charge in [-0.25, -0.2) is 5.43 Å². The Bertz CT molecular complexity index is 394. The molecule has 1 aromatic carbocycles. The zero-order chi connectivity index (χ0) is 13.4. The first-order valence-corrected chi connectivity index (χ1v) is 5.98. The first kappa shape index (κ1) is 14.3. The van der Waals surface area contributed by atoms with Gasteiger partial charge in [0.25, 0.3) is 5.91 Å². The molecule has 1 rings (SSSR count). The van der Waals surface area contributed by atoms with Crippen molar-refractivity contribution in [3.8, 4) is 11.5 Å². The molecule has 0 heterocycles. The number of ether oxygens (including phenoxy) is 2. The van der Waals surface area contributed by atoms with Gasteiger partial charge in [-0.15, -0.1) is 0 Å². The molecule has 18 heavy (non-hydrogen) atoms. The van der Waals surface area contributed by atoms with Crippen LogP contribution in [0.2, 0.25) is 0 Å². The minimum Gasteiger partial charge on any atom is -0.497 e. The topological polar surface area (TPSA) is 59.6 Å². The first-order chi connectivity index (χ1) is 8.72. The molecular formula is C13H20N2O3. The summed E-state index contributed by atoms with van der Waals surface area (Å²) < 4.78 is 10.2. The normalized spacial score (nSPS) is 9.94. The largest absolute Gasteiger partial charge is 0.497 e. The van der Waals surface area contributed by atoms with Gasteiger partial charge in [0.2, 0.25) is 0 Å². The first-order valence-electron chi connectivity index (χ1n) is 5.98. The van der Waals surface area contributed by atoms with E-state index in [1.54, 1.807) is 25.3 Å². The molecule has 5 heteroatoms. The summed E-state index contributed by atoms with van der Waals surface area (Å²) in [6.45, 7) is 2.84. The molecule has 0 aliphatic rings. The van der Waals surface area contributed by atoms with Crippen molar-refractivity contribution in [2.45, 2.75) is 19.8 Å². The Balaban J connectivity index is 2.66. The Hall–Kier alpha value is -1.75. The summed E-state index contributed by atoms with van der Waals surface area (Å²) in [6.07, 6.45) is 2.09. The van der Waals surface area contributed by atoms with Gasteiger partial charge in [0, 0.05) is 12.6 Å². The molecule has 0 saturated heterocycles. The van der Waals surface area contributed by atoms with Gasteiger partial charge < -0.3 is 9.47 Å². The molecule has 2 N–H and O–H groups in total. The SMILES string of the molecule is CCCCNNC(=O)c1ccc(OC)cc1OC. The second kappa shape index (κ2) is 7.55. The van der Waals surface area contributed by atoms with E-state index in [1.165, 1.54) is 7.11 Å². The van der Waals surface area contributed by atoms with Crippen LogP contribution in [0.4, 0.5) is 0 Å². The highest BCUT2D eigenvalue weighted by molar-refractivity contribution is 5.96.